The van der Waals surface area contributed by atoms with Gasteiger partial charge in [0.25, 0.3) is 5.91 Å². The van der Waals surface area contributed by atoms with Crippen LogP contribution in [0.4, 0.5) is 0 Å². The molecule has 0 bridgehead atoms. The number of aromatic nitrogens is 1. The molecule has 0 aliphatic heterocycles. The lowest BCUT2D eigenvalue weighted by atomic mass is 10.2. The second kappa shape index (κ2) is 9.65. The van der Waals surface area contributed by atoms with E-state index in [1.807, 2.05) is 36.4 Å². The summed E-state index contributed by atoms with van der Waals surface area (Å²) < 4.78 is 3.18. The second-order valence-corrected chi connectivity index (χ2v) is 9.04. The average Bonchev–Trinajstić information content (AvgIpc) is 2.96. The molecular weight excluding hydrogens is 404 g/mol. The van der Waals surface area contributed by atoms with Crippen molar-refractivity contribution in [3.05, 3.63) is 63.9 Å². The van der Waals surface area contributed by atoms with Gasteiger partial charge in [-0.1, -0.05) is 53.3 Å². The molecule has 0 aliphatic rings. The standard InChI is InChI=1S/C19H19ClN2OS3/c1-24-10-9-22-16-8-7-15(20)11-17(16)26-19(22)21-18(23)13-25-12-14-5-3-2-4-6-14/h2-8,11H,9-10,12-13H2,1H3. The van der Waals surface area contributed by atoms with Gasteiger partial charge in [-0.2, -0.15) is 16.8 Å². The topological polar surface area (TPSA) is 34.4 Å². The highest BCUT2D eigenvalue weighted by Crippen LogP contribution is 2.22. The van der Waals surface area contributed by atoms with Crippen LogP contribution in [-0.2, 0) is 17.1 Å². The summed E-state index contributed by atoms with van der Waals surface area (Å²) in [7, 11) is 0. The third-order valence-corrected chi connectivity index (χ3v) is 6.58. The molecule has 0 radical (unpaired) electrons. The minimum absolute atomic E-state index is 0.0958. The molecule has 0 N–H and O–H groups in total. The summed E-state index contributed by atoms with van der Waals surface area (Å²) in [6.45, 7) is 0.825. The summed E-state index contributed by atoms with van der Waals surface area (Å²) in [5, 5.41) is 0.701. The minimum Gasteiger partial charge on any atom is -0.316 e. The van der Waals surface area contributed by atoms with Crippen LogP contribution in [0.5, 0.6) is 0 Å². The van der Waals surface area contributed by atoms with Crippen LogP contribution in [0.15, 0.2) is 53.5 Å². The van der Waals surface area contributed by atoms with Crippen molar-refractivity contribution in [2.24, 2.45) is 4.99 Å². The molecule has 0 spiro atoms. The van der Waals surface area contributed by atoms with Crippen molar-refractivity contribution in [2.45, 2.75) is 12.3 Å². The molecule has 1 aromatic heterocycles. The van der Waals surface area contributed by atoms with Crippen molar-refractivity contribution < 1.29 is 4.79 Å². The molecule has 3 aromatic rings. The molecule has 1 amide bonds. The van der Waals surface area contributed by atoms with Crippen LogP contribution >= 0.6 is 46.5 Å². The number of rotatable bonds is 7. The number of amides is 1. The zero-order valence-electron chi connectivity index (χ0n) is 14.4. The summed E-state index contributed by atoms with van der Waals surface area (Å²) >= 11 is 11.0. The van der Waals surface area contributed by atoms with Crippen LogP contribution in [0.3, 0.4) is 0 Å². The maximum absolute atomic E-state index is 12.3. The van der Waals surface area contributed by atoms with Gasteiger partial charge in [-0.05, 0) is 30.0 Å². The summed E-state index contributed by atoms with van der Waals surface area (Å²) in [6.07, 6.45) is 2.08. The van der Waals surface area contributed by atoms with E-state index >= 15 is 0 Å². The molecule has 26 heavy (non-hydrogen) atoms. The Morgan fingerprint density at radius 2 is 2.04 bits per heavy atom. The van der Waals surface area contributed by atoms with Crippen LogP contribution in [0.25, 0.3) is 10.2 Å². The van der Waals surface area contributed by atoms with E-state index in [-0.39, 0.29) is 5.91 Å². The van der Waals surface area contributed by atoms with E-state index in [1.165, 1.54) is 16.9 Å². The lowest BCUT2D eigenvalue weighted by molar-refractivity contribution is -0.115. The first-order valence-electron chi connectivity index (χ1n) is 8.14. The van der Waals surface area contributed by atoms with Crippen LogP contribution in [0, 0.1) is 0 Å². The van der Waals surface area contributed by atoms with Gasteiger partial charge in [0.2, 0.25) is 0 Å². The Kier molecular flexibility index (Phi) is 7.25. The molecule has 0 unspecified atom stereocenters. The Morgan fingerprint density at radius 1 is 1.23 bits per heavy atom. The fraction of sp³-hybridized carbons (Fsp3) is 0.263. The van der Waals surface area contributed by atoms with Crippen molar-refractivity contribution in [2.75, 3.05) is 17.8 Å². The van der Waals surface area contributed by atoms with Crippen LogP contribution in [0.2, 0.25) is 5.02 Å². The molecule has 3 nitrogen and oxygen atoms in total. The van der Waals surface area contributed by atoms with E-state index < -0.39 is 0 Å². The van der Waals surface area contributed by atoms with E-state index in [4.69, 9.17) is 11.6 Å². The Morgan fingerprint density at radius 3 is 2.81 bits per heavy atom. The molecule has 0 aliphatic carbocycles. The van der Waals surface area contributed by atoms with Gasteiger partial charge in [0.05, 0.1) is 16.0 Å². The van der Waals surface area contributed by atoms with E-state index in [2.05, 4.69) is 27.9 Å². The average molecular weight is 423 g/mol. The van der Waals surface area contributed by atoms with Crippen LogP contribution < -0.4 is 4.80 Å². The predicted octanol–water partition coefficient (Wildman–Crippen LogP) is 5.08. The lowest BCUT2D eigenvalue weighted by Crippen LogP contribution is -2.18. The van der Waals surface area contributed by atoms with Crippen molar-refractivity contribution in [1.82, 2.24) is 4.57 Å². The number of hydrogen-bond acceptors (Lipinski definition) is 4. The van der Waals surface area contributed by atoms with Crippen molar-refractivity contribution in [1.29, 1.82) is 0 Å². The first kappa shape index (κ1) is 19.5. The molecule has 0 atom stereocenters. The Bertz CT molecular complexity index is 950. The quantitative estimate of drug-likeness (QED) is 0.532. The summed E-state index contributed by atoms with van der Waals surface area (Å²) in [6, 6.07) is 16.0. The fourth-order valence-corrected chi connectivity index (χ4v) is 4.98. The Balaban J connectivity index is 1.77. The van der Waals surface area contributed by atoms with Gasteiger partial charge in [0.15, 0.2) is 4.80 Å². The van der Waals surface area contributed by atoms with Crippen LogP contribution in [0.1, 0.15) is 5.56 Å². The number of carbonyl (C=O) groups is 1. The second-order valence-electron chi connectivity index (χ2n) is 5.63. The summed E-state index contributed by atoms with van der Waals surface area (Å²) in [5.74, 6) is 2.07. The largest absolute Gasteiger partial charge is 0.316 e. The number of hydrogen-bond donors (Lipinski definition) is 0. The van der Waals surface area contributed by atoms with Gasteiger partial charge < -0.3 is 4.57 Å². The first-order valence-corrected chi connectivity index (χ1v) is 11.9. The third kappa shape index (κ3) is 5.16. The number of nitrogens with zero attached hydrogens (tertiary/aromatic N) is 2. The smallest absolute Gasteiger partial charge is 0.258 e. The van der Waals surface area contributed by atoms with E-state index in [0.29, 0.717) is 10.8 Å². The number of benzene rings is 2. The molecule has 0 saturated carbocycles. The Labute approximate surface area is 170 Å². The molecule has 3 rings (SSSR count). The molecule has 7 heteroatoms. The highest BCUT2D eigenvalue weighted by Gasteiger charge is 2.08. The maximum atomic E-state index is 12.3. The van der Waals surface area contributed by atoms with Crippen LogP contribution in [-0.4, -0.2) is 28.2 Å². The number of thiazole rings is 1. The van der Waals surface area contributed by atoms with Crippen molar-refractivity contribution in [3.63, 3.8) is 0 Å². The van der Waals surface area contributed by atoms with Gasteiger partial charge in [0.1, 0.15) is 0 Å². The zero-order valence-corrected chi connectivity index (χ0v) is 17.6. The van der Waals surface area contributed by atoms with Gasteiger partial charge in [0, 0.05) is 23.1 Å². The number of thioether (sulfide) groups is 2. The molecular formula is C19H19ClN2OS3. The summed E-state index contributed by atoms with van der Waals surface area (Å²) in [5.41, 5.74) is 2.30. The van der Waals surface area contributed by atoms with Gasteiger partial charge in [-0.25, -0.2) is 0 Å². The highest BCUT2D eigenvalue weighted by atomic mass is 35.5. The Hall–Kier alpha value is -1.21. The zero-order chi connectivity index (χ0) is 18.4. The molecule has 2 aromatic carbocycles. The number of aryl methyl sites for hydroxylation is 1. The van der Waals surface area contributed by atoms with Crippen molar-refractivity contribution in [3.8, 4) is 0 Å². The normalized spacial score (nSPS) is 12.0. The van der Waals surface area contributed by atoms with Gasteiger partial charge in [-0.3, -0.25) is 4.79 Å². The van der Waals surface area contributed by atoms with Gasteiger partial charge >= 0.3 is 0 Å². The molecule has 136 valence electrons. The minimum atomic E-state index is -0.0958. The molecule has 0 fully saturated rings. The van der Waals surface area contributed by atoms with Crippen molar-refractivity contribution >= 4 is 62.6 Å². The SMILES string of the molecule is CSCCn1c(=NC(=O)CSCc2ccccc2)sc2cc(Cl)ccc21. The third-order valence-electron chi connectivity index (χ3n) is 3.72. The fourth-order valence-electron chi connectivity index (χ4n) is 2.50. The maximum Gasteiger partial charge on any atom is 0.258 e. The lowest BCUT2D eigenvalue weighted by Gasteiger charge is -2.04. The molecule has 1 heterocycles. The number of fused-ring (bicyclic) bond motifs is 1. The van der Waals surface area contributed by atoms with E-state index in [1.54, 1.807) is 23.5 Å². The number of carbonyl (C=O) groups excluding carboxylic acids is 1. The van der Waals surface area contributed by atoms with E-state index in [9.17, 15) is 4.79 Å². The predicted molar refractivity (Wildman–Crippen MR) is 116 cm³/mol. The van der Waals surface area contributed by atoms with Gasteiger partial charge in [-0.15, -0.1) is 11.8 Å². The van der Waals surface area contributed by atoms with E-state index in [0.717, 1.165) is 33.1 Å². The monoisotopic (exact) mass is 422 g/mol. The highest BCUT2D eigenvalue weighted by molar-refractivity contribution is 7.99. The first-order chi connectivity index (χ1) is 12.7. The summed E-state index contributed by atoms with van der Waals surface area (Å²) in [4.78, 5) is 17.5. The number of halogens is 1. The molecule has 0 saturated heterocycles.